The van der Waals surface area contributed by atoms with E-state index < -0.39 is 23.9 Å². The maximum atomic E-state index is 13.2. The Bertz CT molecular complexity index is 620. The molecule has 0 aliphatic carbocycles. The van der Waals surface area contributed by atoms with E-state index in [2.05, 4.69) is 4.98 Å². The molecule has 1 aromatic heterocycles. The summed E-state index contributed by atoms with van der Waals surface area (Å²) in [5.74, 6) is -2.93. The molecule has 2 atom stereocenters. The minimum Gasteiger partial charge on any atom is -0.474 e. The molecule has 3 heterocycles. The molecule has 1 fully saturated rings. The van der Waals surface area contributed by atoms with Crippen molar-refractivity contribution >= 4 is 11.6 Å². The first kappa shape index (κ1) is 16.0. The predicted octanol–water partition coefficient (Wildman–Crippen LogP) is 1.86. The van der Waals surface area contributed by atoms with Gasteiger partial charge in [-0.1, -0.05) is 0 Å². The molecule has 0 saturated carbocycles. The third kappa shape index (κ3) is 2.99. The zero-order chi connectivity index (χ0) is 16.8. The van der Waals surface area contributed by atoms with Gasteiger partial charge < -0.3 is 14.5 Å². The van der Waals surface area contributed by atoms with Gasteiger partial charge in [0.05, 0.1) is 18.4 Å². The lowest BCUT2D eigenvalue weighted by Crippen LogP contribution is -2.46. The smallest absolute Gasteiger partial charge is 0.393 e. The summed E-state index contributed by atoms with van der Waals surface area (Å²) in [6, 6.07) is 3.39. The Kier molecular flexibility index (Phi) is 3.95. The van der Waals surface area contributed by atoms with Crippen molar-refractivity contribution in [3.63, 3.8) is 0 Å². The molecule has 0 aromatic carbocycles. The van der Waals surface area contributed by atoms with Crippen LogP contribution in [0, 0.1) is 18.8 Å². The van der Waals surface area contributed by atoms with Gasteiger partial charge in [-0.2, -0.15) is 13.2 Å². The van der Waals surface area contributed by atoms with E-state index in [4.69, 9.17) is 4.74 Å². The molecule has 2 aliphatic rings. The number of aryl methyl sites for hydroxylation is 1. The van der Waals surface area contributed by atoms with Crippen LogP contribution in [0.2, 0.25) is 0 Å². The van der Waals surface area contributed by atoms with Crippen LogP contribution in [0.25, 0.3) is 0 Å². The third-order valence-electron chi connectivity index (χ3n) is 4.33. The van der Waals surface area contributed by atoms with E-state index in [1.165, 1.54) is 4.90 Å². The number of alkyl halides is 3. The average Bonchev–Trinajstić information content (AvgIpc) is 2.87. The highest BCUT2D eigenvalue weighted by molar-refractivity contribution is 5.97. The highest BCUT2D eigenvalue weighted by atomic mass is 19.4. The number of amides is 1. The molecule has 23 heavy (non-hydrogen) atoms. The van der Waals surface area contributed by atoms with E-state index in [9.17, 15) is 18.0 Å². The van der Waals surface area contributed by atoms with Crippen LogP contribution in [0.15, 0.2) is 12.1 Å². The van der Waals surface area contributed by atoms with Crippen LogP contribution in [-0.4, -0.2) is 55.3 Å². The fourth-order valence-electron chi connectivity index (χ4n) is 3.20. The first-order valence-electron chi connectivity index (χ1n) is 7.44. The highest BCUT2D eigenvalue weighted by Gasteiger charge is 2.52. The summed E-state index contributed by atoms with van der Waals surface area (Å²) in [5, 5.41) is 0. The van der Waals surface area contributed by atoms with Crippen LogP contribution in [-0.2, 0) is 4.79 Å². The molecule has 0 spiro atoms. The maximum absolute atomic E-state index is 13.2. The number of nitrogens with zero attached hydrogens (tertiary/aromatic N) is 3. The van der Waals surface area contributed by atoms with E-state index in [1.807, 2.05) is 0 Å². The van der Waals surface area contributed by atoms with E-state index >= 15 is 0 Å². The number of fused-ring (bicyclic) bond motifs is 1. The highest BCUT2D eigenvalue weighted by Crippen LogP contribution is 2.39. The second-order valence-corrected chi connectivity index (χ2v) is 6.09. The summed E-state index contributed by atoms with van der Waals surface area (Å²) < 4.78 is 45.1. The molecule has 3 rings (SSSR count). The minimum absolute atomic E-state index is 0.106. The Morgan fingerprint density at radius 3 is 2.78 bits per heavy atom. The van der Waals surface area contributed by atoms with Crippen molar-refractivity contribution in [3.05, 3.63) is 17.8 Å². The van der Waals surface area contributed by atoms with Gasteiger partial charge in [0.15, 0.2) is 0 Å². The number of ether oxygens (including phenoxy) is 1. The summed E-state index contributed by atoms with van der Waals surface area (Å²) >= 11 is 0. The molecule has 1 saturated heterocycles. The molecule has 0 radical (unpaired) electrons. The molecule has 0 N–H and O–H groups in total. The van der Waals surface area contributed by atoms with Crippen molar-refractivity contribution in [1.82, 2.24) is 9.88 Å². The van der Waals surface area contributed by atoms with Crippen molar-refractivity contribution < 1.29 is 22.7 Å². The zero-order valence-electron chi connectivity index (χ0n) is 12.9. The first-order chi connectivity index (χ1) is 10.8. The van der Waals surface area contributed by atoms with Crippen LogP contribution in [0.1, 0.15) is 5.69 Å². The number of aromatic nitrogens is 1. The second kappa shape index (κ2) is 5.67. The van der Waals surface area contributed by atoms with Gasteiger partial charge in [-0.3, -0.25) is 4.79 Å². The SMILES string of the molecule is Cc1ccc2c(n1)OCCN2C(=O)[C@@H]1CN(C)C[C@H]1C(F)(F)F. The summed E-state index contributed by atoms with van der Waals surface area (Å²) in [7, 11) is 1.60. The van der Waals surface area contributed by atoms with Crippen LogP contribution < -0.4 is 9.64 Å². The average molecular weight is 329 g/mol. The molecule has 1 amide bonds. The standard InChI is InChI=1S/C15H18F3N3O2/c1-9-3-4-12-13(19-9)23-6-5-21(12)14(22)10-7-20(2)8-11(10)15(16,17)18/h3-4,10-11H,5-8H2,1-2H3/t10-,11-/m1/s1. The predicted molar refractivity (Wildman–Crippen MR) is 77.4 cm³/mol. The summed E-state index contributed by atoms with van der Waals surface area (Å²) in [4.78, 5) is 19.9. The maximum Gasteiger partial charge on any atom is 0.393 e. The van der Waals surface area contributed by atoms with Gasteiger partial charge >= 0.3 is 6.18 Å². The number of rotatable bonds is 1. The number of halogens is 3. The number of hydrogen-bond acceptors (Lipinski definition) is 4. The molecule has 126 valence electrons. The molecule has 1 aromatic rings. The molecule has 2 aliphatic heterocycles. The lowest BCUT2D eigenvalue weighted by molar-refractivity contribution is -0.182. The van der Waals surface area contributed by atoms with Crippen LogP contribution >= 0.6 is 0 Å². The van der Waals surface area contributed by atoms with Crippen molar-refractivity contribution in [3.8, 4) is 5.88 Å². The van der Waals surface area contributed by atoms with Gasteiger partial charge in [0, 0.05) is 18.8 Å². The molecule has 0 unspecified atom stereocenters. The van der Waals surface area contributed by atoms with Gasteiger partial charge in [0.1, 0.15) is 12.3 Å². The Labute approximate surface area is 132 Å². The Morgan fingerprint density at radius 2 is 2.09 bits per heavy atom. The normalized spacial score (nSPS) is 25.2. The van der Waals surface area contributed by atoms with E-state index in [0.717, 1.165) is 5.69 Å². The molecule has 0 bridgehead atoms. The van der Waals surface area contributed by atoms with E-state index in [1.54, 1.807) is 31.0 Å². The largest absolute Gasteiger partial charge is 0.474 e. The van der Waals surface area contributed by atoms with Gasteiger partial charge in [-0.25, -0.2) is 4.98 Å². The quantitative estimate of drug-likeness (QED) is 0.789. The number of anilines is 1. The number of pyridine rings is 1. The van der Waals surface area contributed by atoms with Crippen molar-refractivity contribution in [2.45, 2.75) is 13.1 Å². The Balaban J connectivity index is 1.89. The number of carbonyl (C=O) groups is 1. The number of hydrogen-bond donors (Lipinski definition) is 0. The van der Waals surface area contributed by atoms with Gasteiger partial charge in [0.2, 0.25) is 11.8 Å². The second-order valence-electron chi connectivity index (χ2n) is 6.09. The number of likely N-dealkylation sites (tertiary alicyclic amines) is 1. The monoisotopic (exact) mass is 329 g/mol. The molecular formula is C15H18F3N3O2. The zero-order valence-corrected chi connectivity index (χ0v) is 12.9. The lowest BCUT2D eigenvalue weighted by atomic mass is 9.93. The van der Waals surface area contributed by atoms with Crippen LogP contribution in [0.3, 0.4) is 0 Å². The Hall–Kier alpha value is -1.83. The Morgan fingerprint density at radius 1 is 1.35 bits per heavy atom. The van der Waals surface area contributed by atoms with Crippen molar-refractivity contribution in [1.29, 1.82) is 0 Å². The third-order valence-corrected chi connectivity index (χ3v) is 4.33. The van der Waals surface area contributed by atoms with Crippen molar-refractivity contribution in [2.24, 2.45) is 11.8 Å². The summed E-state index contributed by atoms with van der Waals surface area (Å²) in [6.45, 7) is 2.21. The van der Waals surface area contributed by atoms with Gasteiger partial charge in [-0.05, 0) is 26.1 Å². The van der Waals surface area contributed by atoms with E-state index in [0.29, 0.717) is 11.6 Å². The molecular weight excluding hydrogens is 311 g/mol. The fourth-order valence-corrected chi connectivity index (χ4v) is 3.20. The summed E-state index contributed by atoms with van der Waals surface area (Å²) in [5.41, 5.74) is 1.18. The van der Waals surface area contributed by atoms with Crippen LogP contribution in [0.4, 0.5) is 18.9 Å². The van der Waals surface area contributed by atoms with E-state index in [-0.39, 0.29) is 26.2 Å². The molecule has 5 nitrogen and oxygen atoms in total. The van der Waals surface area contributed by atoms with Crippen LogP contribution in [0.5, 0.6) is 5.88 Å². The van der Waals surface area contributed by atoms with Gasteiger partial charge in [0.25, 0.3) is 0 Å². The van der Waals surface area contributed by atoms with Gasteiger partial charge in [-0.15, -0.1) is 0 Å². The number of carbonyl (C=O) groups excluding carboxylic acids is 1. The lowest BCUT2D eigenvalue weighted by Gasteiger charge is -2.32. The minimum atomic E-state index is -4.38. The van der Waals surface area contributed by atoms with Crippen molar-refractivity contribution in [2.75, 3.05) is 38.2 Å². The first-order valence-corrected chi connectivity index (χ1v) is 7.44. The summed E-state index contributed by atoms with van der Waals surface area (Å²) in [6.07, 6.45) is -4.38. The molecule has 8 heteroatoms. The topological polar surface area (TPSA) is 45.7 Å². The fraction of sp³-hybridized carbons (Fsp3) is 0.600.